The second-order valence-electron chi connectivity index (χ2n) is 9.08. The summed E-state index contributed by atoms with van der Waals surface area (Å²) in [6.45, 7) is 2.45. The number of carbonyl (C=O) groups is 2. The number of hydrogen-bond donors (Lipinski definition) is 3. The van der Waals surface area contributed by atoms with Crippen molar-refractivity contribution in [2.75, 3.05) is 30.3 Å². The average Bonchev–Trinajstić information content (AvgIpc) is 3.55. The molecule has 0 atom stereocenters. The largest absolute Gasteiger partial charge is 0.444 e. The van der Waals surface area contributed by atoms with Crippen molar-refractivity contribution in [1.29, 1.82) is 0 Å². The number of halogens is 1. The number of urea groups is 1. The molecule has 0 saturated carbocycles. The van der Waals surface area contributed by atoms with Gasteiger partial charge in [0.05, 0.1) is 10.2 Å². The van der Waals surface area contributed by atoms with E-state index in [1.807, 2.05) is 17.6 Å². The minimum absolute atomic E-state index is 0.0151. The van der Waals surface area contributed by atoms with E-state index in [0.29, 0.717) is 40.8 Å². The minimum atomic E-state index is -0.542. The van der Waals surface area contributed by atoms with Gasteiger partial charge in [-0.2, -0.15) is 4.99 Å². The lowest BCUT2D eigenvalue weighted by Crippen LogP contribution is -2.29. The molecule has 0 spiro atoms. The SMILES string of the molecule is O=C(/N=c1\sc(CCNc2ncnc3ccsc23)cn1COC(=O)CC1CCNCC1)Nc1cccc(Cl)c1. The van der Waals surface area contributed by atoms with Gasteiger partial charge in [0.15, 0.2) is 11.5 Å². The third-order valence-corrected chi connectivity index (χ3v) is 8.45. The van der Waals surface area contributed by atoms with Crippen molar-refractivity contribution in [3.05, 3.63) is 62.9 Å². The first-order chi connectivity index (χ1) is 19.0. The lowest BCUT2D eigenvalue weighted by molar-refractivity contribution is -0.148. The van der Waals surface area contributed by atoms with Crippen molar-refractivity contribution >= 4 is 68.0 Å². The van der Waals surface area contributed by atoms with E-state index in [2.05, 4.69) is 30.9 Å². The summed E-state index contributed by atoms with van der Waals surface area (Å²) in [6.07, 6.45) is 6.40. The van der Waals surface area contributed by atoms with Gasteiger partial charge in [-0.25, -0.2) is 14.8 Å². The van der Waals surface area contributed by atoms with Gasteiger partial charge in [-0.15, -0.1) is 22.7 Å². The highest BCUT2D eigenvalue weighted by atomic mass is 35.5. The van der Waals surface area contributed by atoms with E-state index >= 15 is 0 Å². The highest BCUT2D eigenvalue weighted by molar-refractivity contribution is 7.17. The summed E-state index contributed by atoms with van der Waals surface area (Å²) in [5.74, 6) is 0.871. The quantitative estimate of drug-likeness (QED) is 0.239. The van der Waals surface area contributed by atoms with Crippen LogP contribution in [0.3, 0.4) is 0 Å². The maximum absolute atomic E-state index is 12.7. The number of thiazole rings is 1. The second-order valence-corrected chi connectivity index (χ2v) is 11.5. The Morgan fingerprint density at radius 2 is 2.10 bits per heavy atom. The number of piperidine rings is 1. The molecule has 204 valence electrons. The van der Waals surface area contributed by atoms with Crippen LogP contribution in [0.25, 0.3) is 10.2 Å². The fourth-order valence-electron chi connectivity index (χ4n) is 4.27. The number of aromatic nitrogens is 3. The minimum Gasteiger partial charge on any atom is -0.444 e. The zero-order chi connectivity index (χ0) is 27.0. The Kier molecular flexibility index (Phi) is 9.19. The fourth-order valence-corrected chi connectivity index (χ4v) is 6.24. The molecular weight excluding hydrogens is 558 g/mol. The standard InChI is InChI=1S/C26H28ClN7O3S2/c27-18-2-1-3-19(13-18)32-25(36)33-26-34(16-37-22(35)12-17-4-8-28-9-5-17)14-20(39-26)6-10-29-24-23-21(7-11-38-23)30-15-31-24/h1-3,7,11,13-15,17,28H,4-6,8-10,12,16H2,(H,32,36)(H,29,30,31)/b33-26-. The zero-order valence-electron chi connectivity index (χ0n) is 21.1. The van der Waals surface area contributed by atoms with Gasteiger partial charge < -0.3 is 20.7 Å². The number of hydrogen-bond acceptors (Lipinski definition) is 9. The first-order valence-electron chi connectivity index (χ1n) is 12.6. The second kappa shape index (κ2) is 13.2. The van der Waals surface area contributed by atoms with E-state index in [4.69, 9.17) is 16.3 Å². The summed E-state index contributed by atoms with van der Waals surface area (Å²) >= 11 is 8.98. The van der Waals surface area contributed by atoms with Crippen molar-refractivity contribution in [3.63, 3.8) is 0 Å². The number of thiophene rings is 1. The van der Waals surface area contributed by atoms with Gasteiger partial charge in [0.1, 0.15) is 12.1 Å². The number of anilines is 2. The molecule has 0 unspecified atom stereocenters. The van der Waals surface area contributed by atoms with Gasteiger partial charge in [0.2, 0.25) is 0 Å². The Morgan fingerprint density at radius 3 is 2.95 bits per heavy atom. The van der Waals surface area contributed by atoms with E-state index < -0.39 is 6.03 Å². The van der Waals surface area contributed by atoms with Crippen LogP contribution in [0.15, 0.2) is 53.2 Å². The summed E-state index contributed by atoms with van der Waals surface area (Å²) in [7, 11) is 0. The number of rotatable bonds is 9. The van der Waals surface area contributed by atoms with E-state index in [-0.39, 0.29) is 12.7 Å². The molecule has 4 aromatic rings. The van der Waals surface area contributed by atoms with Crippen LogP contribution < -0.4 is 20.8 Å². The number of ether oxygens (including phenoxy) is 1. The molecule has 10 nitrogen and oxygen atoms in total. The van der Waals surface area contributed by atoms with Crippen molar-refractivity contribution in [2.24, 2.45) is 10.9 Å². The highest BCUT2D eigenvalue weighted by Gasteiger charge is 2.18. The van der Waals surface area contributed by atoms with Gasteiger partial charge in [-0.1, -0.05) is 17.7 Å². The predicted octanol–water partition coefficient (Wildman–Crippen LogP) is 4.89. The molecule has 0 bridgehead atoms. The number of nitrogens with one attached hydrogen (secondary N) is 3. The summed E-state index contributed by atoms with van der Waals surface area (Å²) in [4.78, 5) is 39.5. The molecule has 5 rings (SSSR count). The molecule has 4 heterocycles. The zero-order valence-corrected chi connectivity index (χ0v) is 23.4. The average molecular weight is 586 g/mol. The van der Waals surface area contributed by atoms with Crippen LogP contribution in [0.2, 0.25) is 5.02 Å². The first-order valence-corrected chi connectivity index (χ1v) is 14.7. The van der Waals surface area contributed by atoms with Crippen LogP contribution in [-0.4, -0.2) is 46.2 Å². The molecule has 0 radical (unpaired) electrons. The highest BCUT2D eigenvalue weighted by Crippen LogP contribution is 2.24. The van der Waals surface area contributed by atoms with Crippen LogP contribution in [-0.2, 0) is 22.7 Å². The predicted molar refractivity (Wildman–Crippen MR) is 154 cm³/mol. The van der Waals surface area contributed by atoms with Crippen LogP contribution in [0, 0.1) is 5.92 Å². The third kappa shape index (κ3) is 7.63. The molecule has 0 aliphatic carbocycles. The molecule has 1 aliphatic rings. The number of benzene rings is 1. The lowest BCUT2D eigenvalue weighted by Gasteiger charge is -2.21. The molecule has 13 heteroatoms. The molecule has 2 amide bonds. The molecular formula is C26H28ClN7O3S2. The van der Waals surface area contributed by atoms with Gasteiger partial charge >= 0.3 is 12.0 Å². The van der Waals surface area contributed by atoms with Crippen LogP contribution >= 0.6 is 34.3 Å². The van der Waals surface area contributed by atoms with Crippen molar-refractivity contribution < 1.29 is 14.3 Å². The topological polar surface area (TPSA) is 123 Å². The summed E-state index contributed by atoms with van der Waals surface area (Å²) < 4.78 is 8.29. The molecule has 3 N–H and O–H groups in total. The monoisotopic (exact) mass is 585 g/mol. The molecule has 1 fully saturated rings. The van der Waals surface area contributed by atoms with E-state index in [9.17, 15) is 9.59 Å². The summed E-state index contributed by atoms with van der Waals surface area (Å²) in [5.41, 5.74) is 1.45. The summed E-state index contributed by atoms with van der Waals surface area (Å²) in [6, 6.07) is 8.28. The van der Waals surface area contributed by atoms with Gasteiger partial charge in [-0.05, 0) is 61.5 Å². The van der Waals surface area contributed by atoms with Gasteiger partial charge in [0, 0.05) is 41.2 Å². The van der Waals surface area contributed by atoms with E-state index in [0.717, 1.165) is 46.8 Å². The number of nitrogens with zero attached hydrogens (tertiary/aromatic N) is 4. The molecule has 3 aromatic heterocycles. The van der Waals surface area contributed by atoms with E-state index in [1.165, 1.54) is 11.3 Å². The van der Waals surface area contributed by atoms with Crippen LogP contribution in [0.1, 0.15) is 24.1 Å². The Bertz CT molecular complexity index is 1510. The van der Waals surface area contributed by atoms with Crippen LogP contribution in [0.5, 0.6) is 0 Å². The van der Waals surface area contributed by atoms with Crippen molar-refractivity contribution in [1.82, 2.24) is 19.9 Å². The first kappa shape index (κ1) is 27.3. The van der Waals surface area contributed by atoms with E-state index in [1.54, 1.807) is 46.5 Å². The number of amides is 2. The van der Waals surface area contributed by atoms with Crippen molar-refractivity contribution in [2.45, 2.75) is 32.4 Å². The molecule has 1 saturated heterocycles. The molecule has 1 aliphatic heterocycles. The fraction of sp³-hybridized carbons (Fsp3) is 0.346. The summed E-state index contributed by atoms with van der Waals surface area (Å²) in [5, 5.41) is 11.9. The number of esters is 1. The maximum atomic E-state index is 12.7. The van der Waals surface area contributed by atoms with Gasteiger partial charge in [0.25, 0.3) is 0 Å². The Labute approximate surface area is 238 Å². The Hall–Kier alpha value is -3.32. The Balaban J connectivity index is 1.27. The number of carbonyl (C=O) groups excluding carboxylic acids is 2. The van der Waals surface area contributed by atoms with Gasteiger partial charge in [-0.3, -0.25) is 9.36 Å². The lowest BCUT2D eigenvalue weighted by atomic mass is 9.95. The maximum Gasteiger partial charge on any atom is 0.348 e. The smallest absolute Gasteiger partial charge is 0.348 e. The number of fused-ring (bicyclic) bond motifs is 1. The Morgan fingerprint density at radius 1 is 1.23 bits per heavy atom. The molecule has 1 aromatic carbocycles. The van der Waals surface area contributed by atoms with Crippen molar-refractivity contribution in [3.8, 4) is 0 Å². The van der Waals surface area contributed by atoms with Crippen LogP contribution in [0.4, 0.5) is 16.3 Å². The third-order valence-electron chi connectivity index (χ3n) is 6.23. The molecule has 39 heavy (non-hydrogen) atoms. The normalized spacial score (nSPS) is 14.4.